The van der Waals surface area contributed by atoms with E-state index in [1.165, 1.54) is 16.8 Å². The zero-order valence-corrected chi connectivity index (χ0v) is 35.7. The van der Waals surface area contributed by atoms with E-state index in [1.54, 1.807) is 0 Å². The van der Waals surface area contributed by atoms with Crippen molar-refractivity contribution >= 4 is 84.2 Å². The summed E-state index contributed by atoms with van der Waals surface area (Å²) < 4.78 is 10.5. The Balaban J connectivity index is 0.000000619. The number of alkyl halides is 1. The second-order valence-electron chi connectivity index (χ2n) is 12.7. The third-order valence-corrected chi connectivity index (χ3v) is 27.0. The SMILES string of the molecule is CC(C)[Si](CI)(C(C)C)C(C)C.CC(C)[Si](OCc1ccc(I)cc1)(C(C)C)C(C)C.OCc1ccc(I)cc1. The predicted octanol–water partition coefficient (Wildman–Crippen LogP) is 12.4. The Morgan fingerprint density at radius 2 is 0.900 bits per heavy atom. The largest absolute Gasteiger partial charge is 0.412 e. The first kappa shape index (κ1) is 41.0. The summed E-state index contributed by atoms with van der Waals surface area (Å²) >= 11 is 7.18. The Morgan fingerprint density at radius 3 is 1.12 bits per heavy atom. The lowest BCUT2D eigenvalue weighted by Crippen LogP contribution is -2.47. The first-order valence-corrected chi connectivity index (χ1v) is 23.1. The van der Waals surface area contributed by atoms with E-state index in [4.69, 9.17) is 9.53 Å². The van der Waals surface area contributed by atoms with E-state index in [1.807, 2.05) is 24.3 Å². The molecule has 7 heteroatoms. The van der Waals surface area contributed by atoms with Crippen LogP contribution >= 0.6 is 67.8 Å². The first-order valence-electron chi connectivity index (χ1n) is 14.8. The minimum Gasteiger partial charge on any atom is -0.412 e. The molecule has 2 nitrogen and oxygen atoms in total. The van der Waals surface area contributed by atoms with Crippen molar-refractivity contribution in [2.45, 2.75) is 130 Å². The van der Waals surface area contributed by atoms with Crippen molar-refractivity contribution in [2.24, 2.45) is 0 Å². The van der Waals surface area contributed by atoms with Crippen LogP contribution in [-0.4, -0.2) is 25.5 Å². The minimum atomic E-state index is -1.73. The highest BCUT2D eigenvalue weighted by atomic mass is 127. The lowest BCUT2D eigenvalue weighted by atomic mass is 10.2. The van der Waals surface area contributed by atoms with Gasteiger partial charge in [-0.25, -0.2) is 0 Å². The maximum absolute atomic E-state index is 8.63. The van der Waals surface area contributed by atoms with Gasteiger partial charge in [0.1, 0.15) is 0 Å². The van der Waals surface area contributed by atoms with Crippen LogP contribution in [0.5, 0.6) is 0 Å². The molecule has 1 N–H and O–H groups in total. The van der Waals surface area contributed by atoms with Crippen LogP contribution in [0, 0.1) is 7.14 Å². The monoisotopic (exact) mass is 922 g/mol. The molecule has 0 aliphatic carbocycles. The summed E-state index contributed by atoms with van der Waals surface area (Å²) in [6, 6.07) is 16.5. The number of hydrogen-bond acceptors (Lipinski definition) is 2. The fourth-order valence-electron chi connectivity index (χ4n) is 6.34. The van der Waals surface area contributed by atoms with Gasteiger partial charge in [0.2, 0.25) is 8.32 Å². The molecule has 0 saturated heterocycles. The van der Waals surface area contributed by atoms with Crippen LogP contribution in [0.3, 0.4) is 0 Å². The molecule has 0 spiro atoms. The number of halogens is 3. The average Bonchev–Trinajstić information content (AvgIpc) is 2.86. The van der Waals surface area contributed by atoms with E-state index in [2.05, 4.69) is 175 Å². The summed E-state index contributed by atoms with van der Waals surface area (Å²) in [6.07, 6.45) is 0. The van der Waals surface area contributed by atoms with E-state index in [0.717, 1.165) is 28.8 Å². The Hall–Kier alpha value is 0.984. The molecular formula is C33H57I3O2Si2. The van der Waals surface area contributed by atoms with Crippen LogP contribution < -0.4 is 0 Å². The van der Waals surface area contributed by atoms with Crippen LogP contribution in [0.1, 0.15) is 94.2 Å². The van der Waals surface area contributed by atoms with Gasteiger partial charge in [0.25, 0.3) is 0 Å². The standard InChI is InChI=1S/C16H27IOSi.C10H23ISi.C7H7IO/c1-12(2)19(13(3)4,14(5)6)18-11-15-7-9-16(17)10-8-15;1-8(2)12(7-11,9(3)4)10(5)6;8-7-3-1-6(5-9)2-4-7/h7-10,12-14H,11H2,1-6H3;8-10H,7H2,1-6H3;1-4,9H,5H2. The molecule has 0 aromatic heterocycles. The van der Waals surface area contributed by atoms with Crippen molar-refractivity contribution in [1.29, 1.82) is 0 Å². The molecule has 0 atom stereocenters. The molecule has 0 heterocycles. The van der Waals surface area contributed by atoms with E-state index in [0.29, 0.717) is 16.6 Å². The Labute approximate surface area is 291 Å². The molecule has 0 amide bonds. The van der Waals surface area contributed by atoms with Gasteiger partial charge in [-0.3, -0.25) is 0 Å². The quantitative estimate of drug-likeness (QED) is 0.138. The van der Waals surface area contributed by atoms with Crippen LogP contribution in [-0.2, 0) is 17.6 Å². The predicted molar refractivity (Wildman–Crippen MR) is 210 cm³/mol. The normalized spacial score (nSPS) is 12.2. The highest BCUT2D eigenvalue weighted by molar-refractivity contribution is 14.1. The second-order valence-corrected chi connectivity index (χ2v) is 28.9. The van der Waals surface area contributed by atoms with E-state index >= 15 is 0 Å². The van der Waals surface area contributed by atoms with Crippen molar-refractivity contribution in [3.8, 4) is 0 Å². The smallest absolute Gasteiger partial charge is 0.200 e. The number of benzene rings is 2. The van der Waals surface area contributed by atoms with Gasteiger partial charge in [-0.2, -0.15) is 0 Å². The van der Waals surface area contributed by atoms with Gasteiger partial charge in [0, 0.05) is 7.14 Å². The summed E-state index contributed by atoms with van der Waals surface area (Å²) in [5.74, 6) is 0. The van der Waals surface area contributed by atoms with Crippen LogP contribution in [0.4, 0.5) is 0 Å². The molecule has 0 saturated carbocycles. The maximum atomic E-state index is 8.63. The maximum Gasteiger partial charge on any atom is 0.200 e. The third kappa shape index (κ3) is 12.2. The molecule has 0 aliphatic heterocycles. The van der Waals surface area contributed by atoms with Crippen LogP contribution in [0.25, 0.3) is 0 Å². The summed E-state index contributed by atoms with van der Waals surface area (Å²) in [4.78, 5) is 0. The fraction of sp³-hybridized carbons (Fsp3) is 0.636. The first-order chi connectivity index (χ1) is 18.5. The van der Waals surface area contributed by atoms with Gasteiger partial charge in [0.15, 0.2) is 0 Å². The highest BCUT2D eigenvalue weighted by Crippen LogP contribution is 2.43. The zero-order chi connectivity index (χ0) is 31.3. The van der Waals surface area contributed by atoms with Crippen LogP contribution in [0.2, 0.25) is 33.2 Å². The zero-order valence-electron chi connectivity index (χ0n) is 27.2. The molecule has 0 radical (unpaired) electrons. The molecule has 2 aromatic rings. The molecule has 2 rings (SSSR count). The van der Waals surface area contributed by atoms with Crippen molar-refractivity contribution in [3.05, 3.63) is 66.8 Å². The highest BCUT2D eigenvalue weighted by Gasteiger charge is 2.45. The summed E-state index contributed by atoms with van der Waals surface area (Å²) in [5, 5.41) is 8.63. The lowest BCUT2D eigenvalue weighted by Gasteiger charge is -2.42. The molecule has 0 unspecified atom stereocenters. The van der Waals surface area contributed by atoms with Gasteiger partial charge >= 0.3 is 0 Å². The molecule has 230 valence electrons. The van der Waals surface area contributed by atoms with Crippen molar-refractivity contribution in [1.82, 2.24) is 0 Å². The van der Waals surface area contributed by atoms with Gasteiger partial charge in [0.05, 0.1) is 21.3 Å². The average molecular weight is 923 g/mol. The Kier molecular flexibility index (Phi) is 20.6. The summed E-state index contributed by atoms with van der Waals surface area (Å²) in [7, 11) is -2.74. The van der Waals surface area contributed by atoms with Gasteiger partial charge in [-0.1, -0.05) is 130 Å². The molecule has 0 aliphatic rings. The fourth-order valence-corrected chi connectivity index (χ4v) is 25.3. The van der Waals surface area contributed by atoms with Gasteiger partial charge in [-0.05, 0) is 118 Å². The molecule has 0 fully saturated rings. The van der Waals surface area contributed by atoms with E-state index in [9.17, 15) is 0 Å². The van der Waals surface area contributed by atoms with E-state index in [-0.39, 0.29) is 6.61 Å². The molecule has 40 heavy (non-hydrogen) atoms. The van der Waals surface area contributed by atoms with Gasteiger partial charge < -0.3 is 9.53 Å². The van der Waals surface area contributed by atoms with Crippen LogP contribution in [0.15, 0.2) is 48.5 Å². The lowest BCUT2D eigenvalue weighted by molar-refractivity contribution is 0.266. The number of aliphatic hydroxyl groups is 1. The number of hydrogen-bond donors (Lipinski definition) is 1. The minimum absolute atomic E-state index is 0.136. The second kappa shape index (κ2) is 20.1. The third-order valence-electron chi connectivity index (χ3n) is 8.66. The van der Waals surface area contributed by atoms with Crippen molar-refractivity contribution < 1.29 is 9.53 Å². The van der Waals surface area contributed by atoms with Crippen molar-refractivity contribution in [3.63, 3.8) is 0 Å². The molecule has 2 aromatic carbocycles. The number of rotatable bonds is 11. The van der Waals surface area contributed by atoms with Gasteiger partial charge in [-0.15, -0.1) is 0 Å². The van der Waals surface area contributed by atoms with E-state index < -0.39 is 16.4 Å². The molecular weight excluding hydrogens is 865 g/mol. The topological polar surface area (TPSA) is 29.5 Å². The van der Waals surface area contributed by atoms with Crippen molar-refractivity contribution in [2.75, 3.05) is 4.05 Å². The molecule has 0 bridgehead atoms. The summed E-state index contributed by atoms with van der Waals surface area (Å²) in [6.45, 7) is 29.4. The Morgan fingerprint density at radius 1 is 0.575 bits per heavy atom. The number of aliphatic hydroxyl groups excluding tert-OH is 1. The summed E-state index contributed by atoms with van der Waals surface area (Å²) in [5.41, 5.74) is 6.98. The Bertz CT molecular complexity index is 884.